The third-order valence-corrected chi connectivity index (χ3v) is 3.46. The van der Waals surface area contributed by atoms with Crippen LogP contribution in [0, 0.1) is 5.92 Å². The van der Waals surface area contributed by atoms with Gasteiger partial charge in [-0.3, -0.25) is 0 Å². The topological polar surface area (TPSA) is 35.5 Å². The molecule has 0 unspecified atom stereocenters. The van der Waals surface area contributed by atoms with E-state index in [1.165, 1.54) is 12.8 Å². The maximum atomic E-state index is 9.73. The van der Waals surface area contributed by atoms with Crippen LogP contribution in [-0.4, -0.2) is 36.7 Å². The van der Waals surface area contributed by atoms with Crippen molar-refractivity contribution in [3.05, 3.63) is 29.8 Å². The number of rotatable bonds is 4. The number of piperidine rings is 1. The summed E-state index contributed by atoms with van der Waals surface area (Å²) in [7, 11) is 2.13. The highest BCUT2D eigenvalue weighted by atomic mass is 16.3. The predicted octanol–water partition coefficient (Wildman–Crippen LogP) is 1.82. The van der Waals surface area contributed by atoms with Gasteiger partial charge in [-0.25, -0.2) is 0 Å². The largest absolute Gasteiger partial charge is 0.508 e. The van der Waals surface area contributed by atoms with Crippen LogP contribution in [0.5, 0.6) is 5.75 Å². The van der Waals surface area contributed by atoms with Crippen LogP contribution in [0.1, 0.15) is 18.4 Å². The lowest BCUT2D eigenvalue weighted by Crippen LogP contribution is -2.34. The van der Waals surface area contributed by atoms with Crippen LogP contribution in [0.4, 0.5) is 0 Å². The molecule has 94 valence electrons. The Morgan fingerprint density at radius 1 is 1.29 bits per heavy atom. The lowest BCUT2D eigenvalue weighted by atomic mass is 9.97. The molecule has 0 radical (unpaired) electrons. The number of hydrogen-bond donors (Lipinski definition) is 2. The van der Waals surface area contributed by atoms with Gasteiger partial charge in [0.25, 0.3) is 0 Å². The van der Waals surface area contributed by atoms with Gasteiger partial charge in [-0.05, 0) is 45.0 Å². The minimum atomic E-state index is 0.407. The summed E-state index contributed by atoms with van der Waals surface area (Å²) in [6, 6.07) is 7.60. The lowest BCUT2D eigenvalue weighted by molar-refractivity contribution is 0.232. The van der Waals surface area contributed by atoms with Crippen molar-refractivity contribution in [1.82, 2.24) is 10.2 Å². The Morgan fingerprint density at radius 2 is 2.00 bits per heavy atom. The monoisotopic (exact) mass is 234 g/mol. The maximum Gasteiger partial charge on any atom is 0.120 e. The Bertz CT molecular complexity index is 348. The molecule has 0 amide bonds. The van der Waals surface area contributed by atoms with Gasteiger partial charge in [0.2, 0.25) is 0 Å². The fraction of sp³-hybridized carbons (Fsp3) is 0.571. The third-order valence-electron chi connectivity index (χ3n) is 3.46. The number of phenols is 1. The van der Waals surface area contributed by atoms with E-state index in [-0.39, 0.29) is 0 Å². The zero-order valence-corrected chi connectivity index (χ0v) is 10.5. The smallest absolute Gasteiger partial charge is 0.120 e. The van der Waals surface area contributed by atoms with Gasteiger partial charge >= 0.3 is 0 Å². The molecule has 0 aromatic heterocycles. The number of hydrogen-bond acceptors (Lipinski definition) is 3. The molecule has 1 fully saturated rings. The molecule has 0 spiro atoms. The van der Waals surface area contributed by atoms with E-state index in [1.54, 1.807) is 6.07 Å². The molecule has 0 bridgehead atoms. The molecule has 0 saturated carbocycles. The van der Waals surface area contributed by atoms with Crippen molar-refractivity contribution in [2.24, 2.45) is 5.92 Å². The molecule has 2 N–H and O–H groups in total. The van der Waals surface area contributed by atoms with Gasteiger partial charge < -0.3 is 15.3 Å². The van der Waals surface area contributed by atoms with Gasteiger partial charge in [0.1, 0.15) is 5.75 Å². The molecule has 1 saturated heterocycles. The number of phenolic OH excluding ortho intramolecular Hbond substituents is 1. The van der Waals surface area contributed by atoms with E-state index < -0.39 is 0 Å². The van der Waals surface area contributed by atoms with Crippen LogP contribution in [0.25, 0.3) is 0 Å². The Morgan fingerprint density at radius 3 is 2.71 bits per heavy atom. The Labute approximate surface area is 103 Å². The fourth-order valence-corrected chi connectivity index (χ4v) is 2.50. The van der Waals surface area contributed by atoms with E-state index in [4.69, 9.17) is 0 Å². The highest BCUT2D eigenvalue weighted by molar-refractivity contribution is 5.31. The SMILES string of the molecule is CN(Cc1ccccc1O)CC1CCNCC1. The number of nitrogens with one attached hydrogen (secondary N) is 1. The number of aromatic hydroxyl groups is 1. The van der Waals surface area contributed by atoms with Crippen LogP contribution < -0.4 is 5.32 Å². The molecule has 1 aromatic carbocycles. The summed E-state index contributed by atoms with van der Waals surface area (Å²) in [5.41, 5.74) is 1.02. The first-order chi connectivity index (χ1) is 8.25. The molecule has 3 heteroatoms. The van der Waals surface area contributed by atoms with E-state index in [1.807, 2.05) is 18.2 Å². The average Bonchev–Trinajstić information content (AvgIpc) is 2.33. The molecule has 1 aromatic rings. The van der Waals surface area contributed by atoms with Crippen molar-refractivity contribution in [3.8, 4) is 5.75 Å². The number of para-hydroxylation sites is 1. The van der Waals surface area contributed by atoms with E-state index in [0.29, 0.717) is 5.75 Å². The summed E-state index contributed by atoms with van der Waals surface area (Å²) in [4.78, 5) is 2.31. The Balaban J connectivity index is 1.84. The maximum absolute atomic E-state index is 9.73. The van der Waals surface area contributed by atoms with Crippen LogP contribution in [0.15, 0.2) is 24.3 Å². The molecular weight excluding hydrogens is 212 g/mol. The highest BCUT2D eigenvalue weighted by Gasteiger charge is 2.15. The number of nitrogens with zero attached hydrogens (tertiary/aromatic N) is 1. The van der Waals surface area contributed by atoms with Crippen molar-refractivity contribution in [2.45, 2.75) is 19.4 Å². The third kappa shape index (κ3) is 3.72. The standard InChI is InChI=1S/C14H22N2O/c1-16(10-12-6-8-15-9-7-12)11-13-4-2-3-5-14(13)17/h2-5,12,15,17H,6-11H2,1H3. The summed E-state index contributed by atoms with van der Waals surface area (Å²) in [5, 5.41) is 13.1. The summed E-state index contributed by atoms with van der Waals surface area (Å²) in [6.45, 7) is 4.25. The Hall–Kier alpha value is -1.06. The zero-order chi connectivity index (χ0) is 12.1. The molecule has 17 heavy (non-hydrogen) atoms. The molecule has 0 atom stereocenters. The molecule has 1 heterocycles. The predicted molar refractivity (Wildman–Crippen MR) is 70.0 cm³/mol. The van der Waals surface area contributed by atoms with Crippen LogP contribution >= 0.6 is 0 Å². The molecule has 1 aliphatic rings. The minimum Gasteiger partial charge on any atom is -0.508 e. The molecule has 3 nitrogen and oxygen atoms in total. The lowest BCUT2D eigenvalue weighted by Gasteiger charge is -2.27. The van der Waals surface area contributed by atoms with Crippen molar-refractivity contribution in [3.63, 3.8) is 0 Å². The van der Waals surface area contributed by atoms with Crippen molar-refractivity contribution >= 4 is 0 Å². The quantitative estimate of drug-likeness (QED) is 0.834. The van der Waals surface area contributed by atoms with E-state index in [0.717, 1.165) is 37.7 Å². The second-order valence-electron chi connectivity index (χ2n) is 5.02. The van der Waals surface area contributed by atoms with Crippen molar-refractivity contribution < 1.29 is 5.11 Å². The second-order valence-corrected chi connectivity index (χ2v) is 5.02. The minimum absolute atomic E-state index is 0.407. The zero-order valence-electron chi connectivity index (χ0n) is 10.5. The molecule has 2 rings (SSSR count). The summed E-state index contributed by atoms with van der Waals surface area (Å²) in [6.07, 6.45) is 2.54. The Kier molecular flexibility index (Phi) is 4.40. The van der Waals surface area contributed by atoms with Crippen LogP contribution in [0.3, 0.4) is 0 Å². The first-order valence-electron chi connectivity index (χ1n) is 6.42. The van der Waals surface area contributed by atoms with E-state index in [9.17, 15) is 5.11 Å². The van der Waals surface area contributed by atoms with E-state index in [2.05, 4.69) is 17.3 Å². The van der Waals surface area contributed by atoms with Crippen molar-refractivity contribution in [2.75, 3.05) is 26.7 Å². The second kappa shape index (κ2) is 6.03. The van der Waals surface area contributed by atoms with Gasteiger partial charge in [0, 0.05) is 18.7 Å². The average molecular weight is 234 g/mol. The molecular formula is C14H22N2O. The first-order valence-corrected chi connectivity index (χ1v) is 6.42. The fourth-order valence-electron chi connectivity index (χ4n) is 2.50. The van der Waals surface area contributed by atoms with Gasteiger partial charge in [-0.2, -0.15) is 0 Å². The number of benzene rings is 1. The van der Waals surface area contributed by atoms with E-state index >= 15 is 0 Å². The highest BCUT2D eigenvalue weighted by Crippen LogP contribution is 2.19. The molecule has 1 aliphatic heterocycles. The van der Waals surface area contributed by atoms with Gasteiger partial charge in [-0.1, -0.05) is 18.2 Å². The van der Waals surface area contributed by atoms with Crippen LogP contribution in [0.2, 0.25) is 0 Å². The normalized spacial score (nSPS) is 17.5. The first kappa shape index (κ1) is 12.4. The summed E-state index contributed by atoms with van der Waals surface area (Å²) in [5.74, 6) is 1.21. The van der Waals surface area contributed by atoms with Gasteiger partial charge in [0.05, 0.1) is 0 Å². The van der Waals surface area contributed by atoms with Crippen molar-refractivity contribution in [1.29, 1.82) is 0 Å². The summed E-state index contributed by atoms with van der Waals surface area (Å²) < 4.78 is 0. The summed E-state index contributed by atoms with van der Waals surface area (Å²) >= 11 is 0. The van der Waals surface area contributed by atoms with Crippen LogP contribution in [-0.2, 0) is 6.54 Å². The van der Waals surface area contributed by atoms with Gasteiger partial charge in [-0.15, -0.1) is 0 Å². The molecule has 0 aliphatic carbocycles. The van der Waals surface area contributed by atoms with Gasteiger partial charge in [0.15, 0.2) is 0 Å².